The standard InChI is InChI=1S/C19H15F2N5O/c1-10-13(9-23-26-10)16-5-3-12-7-17(25-18(12)24-16)19(27)22-8-11-2-4-14(20)15(21)6-11/h2-7,9H,8H2,1H3,(H,22,27)(H,23,26)(H,24,25). The topological polar surface area (TPSA) is 86.5 Å². The minimum Gasteiger partial charge on any atom is -0.347 e. The lowest BCUT2D eigenvalue weighted by Gasteiger charge is -2.04. The van der Waals surface area contributed by atoms with Crippen LogP contribution >= 0.6 is 0 Å². The van der Waals surface area contributed by atoms with Crippen LogP contribution in [0.3, 0.4) is 0 Å². The van der Waals surface area contributed by atoms with Crippen LogP contribution < -0.4 is 5.32 Å². The number of aromatic nitrogens is 4. The van der Waals surface area contributed by atoms with E-state index in [9.17, 15) is 13.6 Å². The molecular formula is C19H15F2N5O. The van der Waals surface area contributed by atoms with E-state index in [1.54, 1.807) is 12.3 Å². The highest BCUT2D eigenvalue weighted by molar-refractivity contribution is 5.97. The van der Waals surface area contributed by atoms with E-state index in [0.717, 1.165) is 34.5 Å². The number of pyridine rings is 1. The Labute approximate surface area is 152 Å². The van der Waals surface area contributed by atoms with Gasteiger partial charge in [-0.05, 0) is 42.8 Å². The highest BCUT2D eigenvalue weighted by Crippen LogP contribution is 2.23. The summed E-state index contributed by atoms with van der Waals surface area (Å²) in [6.45, 7) is 1.98. The Kier molecular flexibility index (Phi) is 4.15. The first-order chi connectivity index (χ1) is 13.0. The summed E-state index contributed by atoms with van der Waals surface area (Å²) in [5.74, 6) is -2.23. The average Bonchev–Trinajstić information content (AvgIpc) is 3.27. The van der Waals surface area contributed by atoms with Gasteiger partial charge in [-0.3, -0.25) is 9.89 Å². The van der Waals surface area contributed by atoms with Gasteiger partial charge in [-0.2, -0.15) is 5.10 Å². The Morgan fingerprint density at radius 3 is 2.74 bits per heavy atom. The number of hydrogen-bond acceptors (Lipinski definition) is 3. The lowest BCUT2D eigenvalue weighted by atomic mass is 10.1. The number of fused-ring (bicyclic) bond motifs is 1. The Hall–Kier alpha value is -3.55. The van der Waals surface area contributed by atoms with Gasteiger partial charge in [0.15, 0.2) is 11.6 Å². The summed E-state index contributed by atoms with van der Waals surface area (Å²) in [7, 11) is 0. The van der Waals surface area contributed by atoms with Crippen molar-refractivity contribution in [2.75, 3.05) is 0 Å². The maximum Gasteiger partial charge on any atom is 0.268 e. The van der Waals surface area contributed by atoms with Crippen molar-refractivity contribution in [3.8, 4) is 11.3 Å². The third kappa shape index (κ3) is 3.29. The van der Waals surface area contributed by atoms with Crippen molar-refractivity contribution in [2.45, 2.75) is 13.5 Å². The zero-order valence-corrected chi connectivity index (χ0v) is 14.3. The number of amides is 1. The van der Waals surface area contributed by atoms with Crippen LogP contribution in [0, 0.1) is 18.6 Å². The molecule has 0 aliphatic heterocycles. The Morgan fingerprint density at radius 1 is 1.15 bits per heavy atom. The van der Waals surface area contributed by atoms with Gasteiger partial charge >= 0.3 is 0 Å². The lowest BCUT2D eigenvalue weighted by molar-refractivity contribution is 0.0946. The number of rotatable bonds is 4. The predicted molar refractivity (Wildman–Crippen MR) is 95.9 cm³/mol. The number of halogens is 2. The monoisotopic (exact) mass is 367 g/mol. The minimum atomic E-state index is -0.946. The van der Waals surface area contributed by atoms with Crippen molar-refractivity contribution in [3.05, 3.63) is 71.2 Å². The summed E-state index contributed by atoms with van der Waals surface area (Å²) < 4.78 is 26.2. The molecule has 1 aromatic carbocycles. The van der Waals surface area contributed by atoms with E-state index in [1.165, 1.54) is 6.07 Å². The van der Waals surface area contributed by atoms with Crippen molar-refractivity contribution >= 4 is 16.9 Å². The van der Waals surface area contributed by atoms with E-state index in [2.05, 4.69) is 25.5 Å². The summed E-state index contributed by atoms with van der Waals surface area (Å²) in [5.41, 5.74) is 3.90. The fraction of sp³-hybridized carbons (Fsp3) is 0.105. The van der Waals surface area contributed by atoms with Crippen LogP contribution in [-0.2, 0) is 6.54 Å². The second-order valence-corrected chi connectivity index (χ2v) is 6.16. The fourth-order valence-corrected chi connectivity index (χ4v) is 2.81. The van der Waals surface area contributed by atoms with Crippen molar-refractivity contribution in [2.24, 2.45) is 0 Å². The second-order valence-electron chi connectivity index (χ2n) is 6.16. The van der Waals surface area contributed by atoms with Gasteiger partial charge in [0.1, 0.15) is 11.3 Å². The molecular weight excluding hydrogens is 352 g/mol. The molecule has 0 saturated heterocycles. The molecule has 0 bridgehead atoms. The van der Waals surface area contributed by atoms with Gasteiger partial charge < -0.3 is 10.3 Å². The minimum absolute atomic E-state index is 0.0816. The number of nitrogens with zero attached hydrogens (tertiary/aromatic N) is 2. The molecule has 0 unspecified atom stereocenters. The predicted octanol–water partition coefficient (Wildman–Crippen LogP) is 3.47. The van der Waals surface area contributed by atoms with Gasteiger partial charge in [-0.1, -0.05) is 6.07 Å². The van der Waals surface area contributed by atoms with Crippen LogP contribution in [0.2, 0.25) is 0 Å². The van der Waals surface area contributed by atoms with Gasteiger partial charge in [0.2, 0.25) is 0 Å². The molecule has 136 valence electrons. The Morgan fingerprint density at radius 2 is 2.00 bits per heavy atom. The quantitative estimate of drug-likeness (QED) is 0.516. The van der Waals surface area contributed by atoms with E-state index in [4.69, 9.17) is 0 Å². The molecule has 0 saturated carbocycles. The number of aryl methyl sites for hydroxylation is 1. The molecule has 0 fully saturated rings. The summed E-state index contributed by atoms with van der Waals surface area (Å²) in [6.07, 6.45) is 1.70. The summed E-state index contributed by atoms with van der Waals surface area (Å²) in [5, 5.41) is 10.3. The molecule has 3 heterocycles. The molecule has 0 atom stereocenters. The number of carbonyl (C=O) groups is 1. The largest absolute Gasteiger partial charge is 0.347 e. The number of benzene rings is 1. The summed E-state index contributed by atoms with van der Waals surface area (Å²) in [6, 6.07) is 8.93. The molecule has 4 rings (SSSR count). The number of H-pyrrole nitrogens is 2. The maximum atomic E-state index is 13.2. The van der Waals surface area contributed by atoms with Gasteiger partial charge in [0.25, 0.3) is 5.91 Å². The average molecular weight is 367 g/mol. The Balaban J connectivity index is 1.53. The van der Waals surface area contributed by atoms with Gasteiger partial charge in [0, 0.05) is 23.2 Å². The molecule has 0 spiro atoms. The van der Waals surface area contributed by atoms with E-state index in [-0.39, 0.29) is 12.5 Å². The van der Waals surface area contributed by atoms with Crippen molar-refractivity contribution in [1.82, 2.24) is 25.5 Å². The smallest absolute Gasteiger partial charge is 0.268 e. The van der Waals surface area contributed by atoms with E-state index in [0.29, 0.717) is 16.9 Å². The third-order valence-corrected chi connectivity index (χ3v) is 4.27. The molecule has 27 heavy (non-hydrogen) atoms. The van der Waals surface area contributed by atoms with E-state index >= 15 is 0 Å². The molecule has 0 aliphatic carbocycles. The molecule has 8 heteroatoms. The number of hydrogen-bond donors (Lipinski definition) is 3. The molecule has 0 aliphatic rings. The highest BCUT2D eigenvalue weighted by Gasteiger charge is 2.13. The van der Waals surface area contributed by atoms with Crippen molar-refractivity contribution in [3.63, 3.8) is 0 Å². The molecule has 1 amide bonds. The van der Waals surface area contributed by atoms with Crippen LogP contribution in [0.25, 0.3) is 22.3 Å². The van der Waals surface area contributed by atoms with Gasteiger partial charge in [0.05, 0.1) is 11.9 Å². The molecule has 3 aromatic heterocycles. The zero-order chi connectivity index (χ0) is 19.0. The summed E-state index contributed by atoms with van der Waals surface area (Å²) in [4.78, 5) is 19.9. The first-order valence-electron chi connectivity index (χ1n) is 8.23. The third-order valence-electron chi connectivity index (χ3n) is 4.27. The maximum absolute atomic E-state index is 13.2. The van der Waals surface area contributed by atoms with Gasteiger partial charge in [-0.25, -0.2) is 13.8 Å². The van der Waals surface area contributed by atoms with Crippen molar-refractivity contribution < 1.29 is 13.6 Å². The fourth-order valence-electron chi connectivity index (χ4n) is 2.81. The van der Waals surface area contributed by atoms with Crippen LogP contribution in [-0.4, -0.2) is 26.1 Å². The van der Waals surface area contributed by atoms with E-state index in [1.807, 2.05) is 19.1 Å². The number of aromatic amines is 2. The van der Waals surface area contributed by atoms with Crippen molar-refractivity contribution in [1.29, 1.82) is 0 Å². The molecule has 3 N–H and O–H groups in total. The van der Waals surface area contributed by atoms with E-state index < -0.39 is 11.6 Å². The molecule has 6 nitrogen and oxygen atoms in total. The SMILES string of the molecule is Cc1[nH]ncc1-c1ccc2cc(C(=O)NCc3ccc(F)c(F)c3)[nH]c2n1. The summed E-state index contributed by atoms with van der Waals surface area (Å²) >= 11 is 0. The van der Waals surface area contributed by atoms with Gasteiger partial charge in [-0.15, -0.1) is 0 Å². The Bertz CT molecular complexity index is 1150. The second kappa shape index (κ2) is 6.64. The number of nitrogens with one attached hydrogen (secondary N) is 3. The first-order valence-corrected chi connectivity index (χ1v) is 8.23. The molecule has 4 aromatic rings. The van der Waals surface area contributed by atoms with Crippen LogP contribution in [0.1, 0.15) is 21.7 Å². The first kappa shape index (κ1) is 16.9. The lowest BCUT2D eigenvalue weighted by Crippen LogP contribution is -2.23. The zero-order valence-electron chi connectivity index (χ0n) is 14.3. The molecule has 0 radical (unpaired) electrons. The normalized spacial score (nSPS) is 11.1. The van der Waals surface area contributed by atoms with Crippen LogP contribution in [0.4, 0.5) is 8.78 Å². The van der Waals surface area contributed by atoms with Crippen LogP contribution in [0.5, 0.6) is 0 Å². The number of carbonyl (C=O) groups excluding carboxylic acids is 1. The highest BCUT2D eigenvalue weighted by atomic mass is 19.2. The van der Waals surface area contributed by atoms with Crippen LogP contribution in [0.15, 0.2) is 42.6 Å².